The maximum absolute atomic E-state index is 10.8. The van der Waals surface area contributed by atoms with Crippen LogP contribution in [0.2, 0.25) is 0 Å². The standard InChI is InChI=1S/C37H55NO3/c1-5-8-10-12-14-18-26-40-31-22-23-32(36(29-31)41-27-19-15-13-11-9-6-2)33-28-30-20-16-17-21-34(30)38-35(33)24-25-37(4,39)7-3/h16-17,20-23,28-29,39H,5-15,18-19,24-27H2,1-4H3. The number of nitrogens with zero attached hydrogens (tertiary/aromatic N) is 1. The normalized spacial score (nSPS) is 12.9. The summed E-state index contributed by atoms with van der Waals surface area (Å²) in [6, 6.07) is 16.8. The molecular weight excluding hydrogens is 506 g/mol. The Hall–Kier alpha value is -2.59. The topological polar surface area (TPSA) is 51.6 Å². The highest BCUT2D eigenvalue weighted by Crippen LogP contribution is 2.37. The van der Waals surface area contributed by atoms with Crippen LogP contribution in [0.4, 0.5) is 0 Å². The molecule has 3 rings (SSSR count). The Balaban J connectivity index is 1.83. The first-order valence-corrected chi connectivity index (χ1v) is 16.5. The van der Waals surface area contributed by atoms with Crippen molar-refractivity contribution in [2.24, 2.45) is 0 Å². The van der Waals surface area contributed by atoms with E-state index < -0.39 is 5.60 Å². The van der Waals surface area contributed by atoms with Gasteiger partial charge in [-0.25, -0.2) is 0 Å². The Bertz CT molecular complexity index is 1160. The molecule has 0 aliphatic heterocycles. The molecule has 4 nitrogen and oxygen atoms in total. The van der Waals surface area contributed by atoms with Crippen molar-refractivity contribution in [3.8, 4) is 22.6 Å². The third-order valence-electron chi connectivity index (χ3n) is 8.23. The van der Waals surface area contributed by atoms with Gasteiger partial charge in [0.15, 0.2) is 0 Å². The van der Waals surface area contributed by atoms with Crippen LogP contribution >= 0.6 is 0 Å². The van der Waals surface area contributed by atoms with E-state index in [-0.39, 0.29) is 0 Å². The second-order valence-electron chi connectivity index (χ2n) is 11.9. The number of hydrogen-bond donors (Lipinski definition) is 1. The van der Waals surface area contributed by atoms with Gasteiger partial charge in [-0.3, -0.25) is 4.98 Å². The lowest BCUT2D eigenvalue weighted by atomic mass is 9.92. The van der Waals surface area contributed by atoms with Crippen molar-refractivity contribution >= 4 is 10.9 Å². The van der Waals surface area contributed by atoms with Gasteiger partial charge in [0, 0.05) is 28.3 Å². The van der Waals surface area contributed by atoms with Crippen molar-refractivity contribution in [1.82, 2.24) is 4.98 Å². The smallest absolute Gasteiger partial charge is 0.130 e. The van der Waals surface area contributed by atoms with Crippen molar-refractivity contribution < 1.29 is 14.6 Å². The summed E-state index contributed by atoms with van der Waals surface area (Å²) in [5, 5.41) is 11.9. The molecule has 0 spiro atoms. The van der Waals surface area contributed by atoms with E-state index in [2.05, 4.69) is 56.3 Å². The second-order valence-corrected chi connectivity index (χ2v) is 11.9. The summed E-state index contributed by atoms with van der Waals surface area (Å²) in [6.45, 7) is 9.89. The van der Waals surface area contributed by atoms with Gasteiger partial charge in [-0.1, -0.05) is 103 Å². The fourth-order valence-electron chi connectivity index (χ4n) is 5.22. The van der Waals surface area contributed by atoms with Gasteiger partial charge >= 0.3 is 0 Å². The molecule has 1 unspecified atom stereocenters. The van der Waals surface area contributed by atoms with Crippen LogP contribution in [0.15, 0.2) is 48.5 Å². The molecular formula is C37H55NO3. The summed E-state index contributed by atoms with van der Waals surface area (Å²) in [4.78, 5) is 5.08. The number of para-hydroxylation sites is 1. The molecule has 1 N–H and O–H groups in total. The summed E-state index contributed by atoms with van der Waals surface area (Å²) >= 11 is 0. The predicted octanol–water partition coefficient (Wildman–Crippen LogP) is 10.5. The minimum atomic E-state index is -0.712. The van der Waals surface area contributed by atoms with Gasteiger partial charge in [-0.2, -0.15) is 0 Å². The molecule has 0 radical (unpaired) electrons. The minimum Gasteiger partial charge on any atom is -0.493 e. The van der Waals surface area contributed by atoms with Crippen LogP contribution in [0.3, 0.4) is 0 Å². The van der Waals surface area contributed by atoms with Gasteiger partial charge in [0.2, 0.25) is 0 Å². The number of aryl methyl sites for hydroxylation is 1. The molecule has 0 amide bonds. The number of fused-ring (bicyclic) bond motifs is 1. The van der Waals surface area contributed by atoms with Crippen LogP contribution in [-0.2, 0) is 6.42 Å². The lowest BCUT2D eigenvalue weighted by molar-refractivity contribution is 0.0471. The van der Waals surface area contributed by atoms with E-state index in [1.165, 1.54) is 64.2 Å². The summed E-state index contributed by atoms with van der Waals surface area (Å²) in [5.74, 6) is 1.73. The van der Waals surface area contributed by atoms with E-state index in [0.29, 0.717) is 25.9 Å². The Morgan fingerprint density at radius 3 is 2.02 bits per heavy atom. The zero-order valence-electron chi connectivity index (χ0n) is 26.4. The SMILES string of the molecule is CCCCCCCCOc1ccc(-c2cc3ccccc3nc2CCC(C)(O)CC)c(OCCCCCCCC)c1. The van der Waals surface area contributed by atoms with Crippen LogP contribution in [0.1, 0.15) is 123 Å². The zero-order valence-corrected chi connectivity index (χ0v) is 26.4. The molecule has 0 saturated carbocycles. The largest absolute Gasteiger partial charge is 0.493 e. The molecule has 0 aliphatic rings. The lowest BCUT2D eigenvalue weighted by Crippen LogP contribution is -2.23. The third-order valence-corrected chi connectivity index (χ3v) is 8.23. The number of benzene rings is 2. The Labute approximate surface area is 249 Å². The summed E-state index contributed by atoms with van der Waals surface area (Å²) in [5.41, 5.74) is 3.40. The average molecular weight is 562 g/mol. The summed E-state index contributed by atoms with van der Waals surface area (Å²) < 4.78 is 12.7. The molecule has 2 aromatic carbocycles. The third kappa shape index (κ3) is 11.3. The van der Waals surface area contributed by atoms with Crippen LogP contribution in [0.25, 0.3) is 22.0 Å². The van der Waals surface area contributed by atoms with Gasteiger partial charge in [-0.15, -0.1) is 0 Å². The molecule has 1 heterocycles. The first kappa shape index (κ1) is 32.9. The van der Waals surface area contributed by atoms with E-state index in [4.69, 9.17) is 14.5 Å². The zero-order chi connectivity index (χ0) is 29.3. The number of ether oxygens (including phenoxy) is 2. The molecule has 0 bridgehead atoms. The van der Waals surface area contributed by atoms with Gasteiger partial charge < -0.3 is 14.6 Å². The molecule has 0 saturated heterocycles. The Kier molecular flexibility index (Phi) is 14.5. The Morgan fingerprint density at radius 1 is 0.707 bits per heavy atom. The quantitative estimate of drug-likeness (QED) is 0.131. The van der Waals surface area contributed by atoms with E-state index in [0.717, 1.165) is 58.7 Å². The van der Waals surface area contributed by atoms with Gasteiger partial charge in [0.25, 0.3) is 0 Å². The van der Waals surface area contributed by atoms with Crippen LogP contribution in [0, 0.1) is 0 Å². The monoisotopic (exact) mass is 561 g/mol. The van der Waals surface area contributed by atoms with Crippen molar-refractivity contribution in [1.29, 1.82) is 0 Å². The molecule has 0 fully saturated rings. The fraction of sp³-hybridized carbons (Fsp3) is 0.595. The van der Waals surface area contributed by atoms with Gasteiger partial charge in [0.1, 0.15) is 11.5 Å². The minimum absolute atomic E-state index is 0.662. The van der Waals surface area contributed by atoms with Crippen molar-refractivity contribution in [2.45, 2.75) is 130 Å². The molecule has 226 valence electrons. The van der Waals surface area contributed by atoms with Crippen LogP contribution in [-0.4, -0.2) is 28.9 Å². The number of pyridine rings is 1. The number of hydrogen-bond acceptors (Lipinski definition) is 4. The number of aliphatic hydroxyl groups is 1. The molecule has 1 aromatic heterocycles. The first-order valence-electron chi connectivity index (χ1n) is 16.5. The van der Waals surface area contributed by atoms with Gasteiger partial charge in [0.05, 0.1) is 24.3 Å². The average Bonchev–Trinajstić information content (AvgIpc) is 2.99. The number of rotatable bonds is 21. The maximum atomic E-state index is 10.8. The first-order chi connectivity index (χ1) is 20.0. The van der Waals surface area contributed by atoms with Gasteiger partial charge in [-0.05, 0) is 63.3 Å². The van der Waals surface area contributed by atoms with Crippen molar-refractivity contribution in [3.05, 3.63) is 54.2 Å². The summed E-state index contributed by atoms with van der Waals surface area (Å²) in [6.07, 6.45) is 17.0. The second kappa shape index (κ2) is 18.1. The molecule has 4 heteroatoms. The van der Waals surface area contributed by atoms with E-state index in [9.17, 15) is 5.11 Å². The highest BCUT2D eigenvalue weighted by Gasteiger charge is 2.21. The van der Waals surface area contributed by atoms with E-state index in [1.54, 1.807) is 0 Å². The van der Waals surface area contributed by atoms with E-state index >= 15 is 0 Å². The maximum Gasteiger partial charge on any atom is 0.130 e. The molecule has 41 heavy (non-hydrogen) atoms. The number of unbranched alkanes of at least 4 members (excludes halogenated alkanes) is 10. The van der Waals surface area contributed by atoms with Crippen molar-refractivity contribution in [2.75, 3.05) is 13.2 Å². The molecule has 3 aromatic rings. The van der Waals surface area contributed by atoms with Crippen LogP contribution in [0.5, 0.6) is 11.5 Å². The lowest BCUT2D eigenvalue weighted by Gasteiger charge is -2.22. The van der Waals surface area contributed by atoms with Crippen LogP contribution < -0.4 is 9.47 Å². The Morgan fingerprint density at radius 2 is 1.34 bits per heavy atom. The highest BCUT2D eigenvalue weighted by molar-refractivity contribution is 5.86. The molecule has 1 atom stereocenters. The highest BCUT2D eigenvalue weighted by atomic mass is 16.5. The predicted molar refractivity (Wildman–Crippen MR) is 174 cm³/mol. The van der Waals surface area contributed by atoms with E-state index in [1.807, 2.05) is 19.9 Å². The number of aromatic nitrogens is 1. The summed E-state index contributed by atoms with van der Waals surface area (Å²) in [7, 11) is 0. The fourth-order valence-corrected chi connectivity index (χ4v) is 5.22. The molecule has 0 aliphatic carbocycles. The van der Waals surface area contributed by atoms with Crippen molar-refractivity contribution in [3.63, 3.8) is 0 Å².